The molecule has 0 aliphatic carbocycles. The van der Waals surface area contributed by atoms with Gasteiger partial charge in [0.05, 0.1) is 12.0 Å². The topological polar surface area (TPSA) is 51.5 Å². The van der Waals surface area contributed by atoms with Crippen LogP contribution in [0.25, 0.3) is 22.1 Å². The molecule has 2 heterocycles. The highest BCUT2D eigenvalue weighted by Crippen LogP contribution is 2.33. The Balaban J connectivity index is 1.93. The van der Waals surface area contributed by atoms with Crippen molar-refractivity contribution in [1.82, 2.24) is 5.32 Å². The van der Waals surface area contributed by atoms with Crippen LogP contribution in [0.4, 0.5) is 0 Å². The Morgan fingerprint density at radius 1 is 1.08 bits per heavy atom. The smallest absolute Gasteiger partial charge is 0.193 e. The number of hydrogen-bond acceptors (Lipinski definition) is 4. The van der Waals surface area contributed by atoms with Gasteiger partial charge in [0.1, 0.15) is 17.4 Å². The maximum atomic E-state index is 12.5. The quantitative estimate of drug-likeness (QED) is 0.770. The summed E-state index contributed by atoms with van der Waals surface area (Å²) in [6.45, 7) is 2.03. The van der Waals surface area contributed by atoms with Gasteiger partial charge in [-0.05, 0) is 12.1 Å². The van der Waals surface area contributed by atoms with Crippen LogP contribution in [0.15, 0.2) is 57.7 Å². The predicted molar refractivity (Wildman–Crippen MR) is 94.5 cm³/mol. The Kier molecular flexibility index (Phi) is 4.10. The van der Waals surface area contributed by atoms with E-state index in [0.29, 0.717) is 34.9 Å². The standard InChI is InChI=1S/C19H16ClNO3/c20-15-7-2-1-4-12(15)13-5-3-6-14-16(22)10-17(24-19(13)14)18-11-21-8-9-23-18/h1-7,10,18,21H,8-9,11H2. The summed E-state index contributed by atoms with van der Waals surface area (Å²) >= 11 is 6.33. The van der Waals surface area contributed by atoms with E-state index in [9.17, 15) is 4.79 Å². The zero-order chi connectivity index (χ0) is 16.5. The van der Waals surface area contributed by atoms with E-state index in [4.69, 9.17) is 20.8 Å². The van der Waals surface area contributed by atoms with Crippen molar-refractivity contribution in [2.75, 3.05) is 19.7 Å². The Bertz CT molecular complexity index is 945. The molecule has 1 fully saturated rings. The summed E-state index contributed by atoms with van der Waals surface area (Å²) in [7, 11) is 0. The Morgan fingerprint density at radius 3 is 2.71 bits per heavy atom. The highest BCUT2D eigenvalue weighted by atomic mass is 35.5. The molecule has 0 radical (unpaired) electrons. The van der Waals surface area contributed by atoms with Crippen molar-refractivity contribution in [3.63, 3.8) is 0 Å². The molecule has 1 unspecified atom stereocenters. The van der Waals surface area contributed by atoms with Gasteiger partial charge in [0.15, 0.2) is 5.43 Å². The van der Waals surface area contributed by atoms with Gasteiger partial charge in [-0.25, -0.2) is 0 Å². The summed E-state index contributed by atoms with van der Waals surface area (Å²) in [6, 6.07) is 14.6. The zero-order valence-corrected chi connectivity index (χ0v) is 13.7. The molecule has 2 aromatic carbocycles. The first-order valence-electron chi connectivity index (χ1n) is 7.88. The van der Waals surface area contributed by atoms with Crippen LogP contribution < -0.4 is 10.7 Å². The fourth-order valence-corrected chi connectivity index (χ4v) is 3.23. The molecule has 0 amide bonds. The number of benzene rings is 2. The van der Waals surface area contributed by atoms with E-state index in [2.05, 4.69) is 5.32 Å². The van der Waals surface area contributed by atoms with Gasteiger partial charge in [-0.2, -0.15) is 0 Å². The molecule has 4 rings (SSSR count). The Hall–Kier alpha value is -2.14. The molecule has 1 atom stereocenters. The zero-order valence-electron chi connectivity index (χ0n) is 12.9. The Labute approximate surface area is 144 Å². The number of nitrogens with one attached hydrogen (secondary N) is 1. The summed E-state index contributed by atoms with van der Waals surface area (Å²) in [6.07, 6.45) is -0.254. The van der Waals surface area contributed by atoms with Crippen molar-refractivity contribution in [3.05, 3.63) is 69.5 Å². The van der Waals surface area contributed by atoms with Crippen LogP contribution >= 0.6 is 11.6 Å². The molecule has 4 nitrogen and oxygen atoms in total. The number of para-hydroxylation sites is 1. The second-order valence-electron chi connectivity index (χ2n) is 5.74. The molecule has 1 aromatic heterocycles. The third kappa shape index (κ3) is 2.73. The van der Waals surface area contributed by atoms with E-state index in [1.807, 2.05) is 36.4 Å². The lowest BCUT2D eigenvalue weighted by Gasteiger charge is -2.23. The van der Waals surface area contributed by atoms with Crippen molar-refractivity contribution in [3.8, 4) is 11.1 Å². The third-order valence-electron chi connectivity index (χ3n) is 4.18. The van der Waals surface area contributed by atoms with Crippen LogP contribution in [0.3, 0.4) is 0 Å². The van der Waals surface area contributed by atoms with Crippen molar-refractivity contribution < 1.29 is 9.15 Å². The second kappa shape index (κ2) is 6.40. The maximum absolute atomic E-state index is 12.5. The van der Waals surface area contributed by atoms with Gasteiger partial charge in [-0.15, -0.1) is 0 Å². The normalized spacial score (nSPS) is 18.0. The number of hydrogen-bond donors (Lipinski definition) is 1. The molecule has 3 aromatic rings. The van der Waals surface area contributed by atoms with Gasteiger partial charge in [0, 0.05) is 35.3 Å². The fourth-order valence-electron chi connectivity index (χ4n) is 2.99. The minimum atomic E-state index is -0.254. The first-order valence-corrected chi connectivity index (χ1v) is 8.26. The van der Waals surface area contributed by atoms with E-state index in [0.717, 1.165) is 17.7 Å². The molecule has 1 aliphatic rings. The number of rotatable bonds is 2. The Morgan fingerprint density at radius 2 is 1.92 bits per heavy atom. The third-order valence-corrected chi connectivity index (χ3v) is 4.51. The summed E-state index contributed by atoms with van der Waals surface area (Å²) in [4.78, 5) is 12.5. The fraction of sp³-hybridized carbons (Fsp3) is 0.211. The first-order chi connectivity index (χ1) is 11.7. The van der Waals surface area contributed by atoms with Crippen molar-refractivity contribution in [2.24, 2.45) is 0 Å². The molecule has 122 valence electrons. The molecule has 1 aliphatic heterocycles. The summed E-state index contributed by atoms with van der Waals surface area (Å²) in [5.41, 5.74) is 2.12. The van der Waals surface area contributed by atoms with Crippen LogP contribution in [0.2, 0.25) is 5.02 Å². The van der Waals surface area contributed by atoms with Gasteiger partial charge in [-0.1, -0.05) is 41.9 Å². The monoisotopic (exact) mass is 341 g/mol. The molecule has 5 heteroatoms. The van der Waals surface area contributed by atoms with E-state index < -0.39 is 0 Å². The van der Waals surface area contributed by atoms with E-state index >= 15 is 0 Å². The van der Waals surface area contributed by atoms with Gasteiger partial charge in [0.2, 0.25) is 0 Å². The van der Waals surface area contributed by atoms with Crippen molar-refractivity contribution in [1.29, 1.82) is 0 Å². The highest BCUT2D eigenvalue weighted by Gasteiger charge is 2.21. The average Bonchev–Trinajstić information content (AvgIpc) is 2.63. The van der Waals surface area contributed by atoms with Gasteiger partial charge in [-0.3, -0.25) is 4.79 Å². The molecule has 0 spiro atoms. The average molecular weight is 342 g/mol. The van der Waals surface area contributed by atoms with E-state index in [1.165, 1.54) is 6.07 Å². The lowest BCUT2D eigenvalue weighted by Crippen LogP contribution is -2.33. The minimum Gasteiger partial charge on any atom is -0.457 e. The molecule has 0 bridgehead atoms. The van der Waals surface area contributed by atoms with Gasteiger partial charge < -0.3 is 14.5 Å². The largest absolute Gasteiger partial charge is 0.457 e. The van der Waals surface area contributed by atoms with E-state index in [-0.39, 0.29) is 11.5 Å². The van der Waals surface area contributed by atoms with Gasteiger partial charge in [0.25, 0.3) is 0 Å². The molecule has 24 heavy (non-hydrogen) atoms. The number of ether oxygens (including phenoxy) is 1. The molecule has 1 N–H and O–H groups in total. The predicted octanol–water partition coefficient (Wildman–Crippen LogP) is 3.77. The number of morpholine rings is 1. The maximum Gasteiger partial charge on any atom is 0.193 e. The SMILES string of the molecule is O=c1cc(C2CNCCO2)oc2c(-c3ccccc3Cl)cccc12. The molecular weight excluding hydrogens is 326 g/mol. The molecule has 0 saturated carbocycles. The summed E-state index contributed by atoms with van der Waals surface area (Å²) in [5.74, 6) is 0.541. The van der Waals surface area contributed by atoms with Crippen molar-refractivity contribution >= 4 is 22.6 Å². The van der Waals surface area contributed by atoms with E-state index in [1.54, 1.807) is 6.07 Å². The lowest BCUT2D eigenvalue weighted by molar-refractivity contribution is 0.0145. The van der Waals surface area contributed by atoms with Crippen LogP contribution in [-0.4, -0.2) is 19.7 Å². The highest BCUT2D eigenvalue weighted by molar-refractivity contribution is 6.33. The van der Waals surface area contributed by atoms with Crippen LogP contribution in [0.1, 0.15) is 11.9 Å². The van der Waals surface area contributed by atoms with Gasteiger partial charge >= 0.3 is 0 Å². The summed E-state index contributed by atoms with van der Waals surface area (Å²) in [5, 5.41) is 4.41. The summed E-state index contributed by atoms with van der Waals surface area (Å²) < 4.78 is 11.8. The van der Waals surface area contributed by atoms with Crippen LogP contribution in [-0.2, 0) is 4.74 Å². The molecular formula is C19H16ClNO3. The number of fused-ring (bicyclic) bond motifs is 1. The minimum absolute atomic E-state index is 0.0747. The lowest BCUT2D eigenvalue weighted by atomic mass is 10.0. The van der Waals surface area contributed by atoms with Crippen LogP contribution in [0, 0.1) is 0 Å². The first kappa shape index (κ1) is 15.4. The number of halogens is 1. The molecule has 1 saturated heterocycles. The second-order valence-corrected chi connectivity index (χ2v) is 6.15. The van der Waals surface area contributed by atoms with Crippen molar-refractivity contribution in [2.45, 2.75) is 6.10 Å². The van der Waals surface area contributed by atoms with Crippen LogP contribution in [0.5, 0.6) is 0 Å².